The van der Waals surface area contributed by atoms with Gasteiger partial charge in [0, 0.05) is 11.2 Å². The first-order valence-corrected chi connectivity index (χ1v) is 5.92. The van der Waals surface area contributed by atoms with Gasteiger partial charge >= 0.3 is 6.01 Å². The Bertz CT molecular complexity index is 604. The zero-order valence-electron chi connectivity index (χ0n) is 9.55. The van der Waals surface area contributed by atoms with Crippen molar-refractivity contribution in [3.05, 3.63) is 46.7 Å². The van der Waals surface area contributed by atoms with Crippen LogP contribution in [0.4, 0.5) is 0 Å². The molecule has 0 amide bonds. The maximum atomic E-state index is 5.93. The Balaban J connectivity index is 2.25. The molecule has 1 aromatic heterocycles. The Labute approximate surface area is 115 Å². The monoisotopic (exact) mass is 279 g/mol. The quantitative estimate of drug-likeness (QED) is 0.876. The van der Waals surface area contributed by atoms with Crippen LogP contribution in [0.3, 0.4) is 0 Å². The van der Waals surface area contributed by atoms with Crippen molar-refractivity contribution in [3.63, 3.8) is 0 Å². The minimum Gasteiger partial charge on any atom is -0.424 e. The predicted molar refractivity (Wildman–Crippen MR) is 74.2 cm³/mol. The Kier molecular flexibility index (Phi) is 3.74. The second-order valence-corrected chi connectivity index (χ2v) is 4.45. The summed E-state index contributed by atoms with van der Waals surface area (Å²) in [6, 6.07) is 7.12. The number of thiocarbonyl (C=S) groups is 1. The summed E-state index contributed by atoms with van der Waals surface area (Å²) in [5.41, 5.74) is 6.88. The second kappa shape index (κ2) is 5.29. The average Bonchev–Trinajstić information content (AvgIpc) is 2.34. The van der Waals surface area contributed by atoms with E-state index in [2.05, 4.69) is 9.97 Å². The number of hydrogen-bond donors (Lipinski definition) is 1. The number of nitrogens with zero attached hydrogens (tertiary/aromatic N) is 2. The van der Waals surface area contributed by atoms with Crippen molar-refractivity contribution in [2.75, 3.05) is 0 Å². The van der Waals surface area contributed by atoms with E-state index in [1.54, 1.807) is 30.5 Å². The van der Waals surface area contributed by atoms with Crippen molar-refractivity contribution in [2.45, 2.75) is 6.92 Å². The summed E-state index contributed by atoms with van der Waals surface area (Å²) >= 11 is 10.8. The maximum Gasteiger partial charge on any atom is 0.322 e. The van der Waals surface area contributed by atoms with Crippen LogP contribution < -0.4 is 10.5 Å². The van der Waals surface area contributed by atoms with Crippen molar-refractivity contribution in [2.24, 2.45) is 5.73 Å². The molecule has 1 heterocycles. The average molecular weight is 280 g/mol. The van der Waals surface area contributed by atoms with E-state index in [1.807, 2.05) is 6.92 Å². The number of hydrogen-bond acceptors (Lipinski definition) is 4. The molecule has 1 aromatic carbocycles. The summed E-state index contributed by atoms with van der Waals surface area (Å²) in [4.78, 5) is 8.28. The highest BCUT2D eigenvalue weighted by molar-refractivity contribution is 7.80. The SMILES string of the molecule is Cc1cc(Oc2nccc(C(N)=S)n2)ccc1Cl. The van der Waals surface area contributed by atoms with Gasteiger partial charge in [0.05, 0.1) is 0 Å². The summed E-state index contributed by atoms with van der Waals surface area (Å²) in [7, 11) is 0. The Morgan fingerprint density at radius 1 is 1.39 bits per heavy atom. The molecule has 0 fully saturated rings. The molecule has 0 unspecified atom stereocenters. The fourth-order valence-electron chi connectivity index (χ4n) is 1.31. The molecule has 0 aliphatic rings. The highest BCUT2D eigenvalue weighted by Gasteiger charge is 2.05. The second-order valence-electron chi connectivity index (χ2n) is 3.60. The van der Waals surface area contributed by atoms with Crippen LogP contribution in [0, 0.1) is 6.92 Å². The van der Waals surface area contributed by atoms with Crippen LogP contribution in [0.2, 0.25) is 5.02 Å². The van der Waals surface area contributed by atoms with Gasteiger partial charge < -0.3 is 10.5 Å². The molecular formula is C12H10ClN3OS. The third-order valence-electron chi connectivity index (χ3n) is 2.22. The molecule has 0 radical (unpaired) electrons. The minimum absolute atomic E-state index is 0.196. The van der Waals surface area contributed by atoms with Gasteiger partial charge in [-0.25, -0.2) is 4.98 Å². The predicted octanol–water partition coefficient (Wildman–Crippen LogP) is 2.86. The van der Waals surface area contributed by atoms with Crippen LogP contribution in [-0.2, 0) is 0 Å². The van der Waals surface area contributed by atoms with Gasteiger partial charge in [0.2, 0.25) is 0 Å². The normalized spacial score (nSPS) is 10.1. The topological polar surface area (TPSA) is 61.0 Å². The number of halogens is 1. The fourth-order valence-corrected chi connectivity index (χ4v) is 1.54. The largest absolute Gasteiger partial charge is 0.424 e. The number of nitrogens with two attached hydrogens (primary N) is 1. The third-order valence-corrected chi connectivity index (χ3v) is 2.86. The fraction of sp³-hybridized carbons (Fsp3) is 0.0833. The van der Waals surface area contributed by atoms with E-state index >= 15 is 0 Å². The molecule has 0 atom stereocenters. The first kappa shape index (κ1) is 12.7. The Morgan fingerprint density at radius 2 is 2.17 bits per heavy atom. The molecule has 6 heteroatoms. The van der Waals surface area contributed by atoms with Crippen LogP contribution >= 0.6 is 23.8 Å². The van der Waals surface area contributed by atoms with Gasteiger partial charge in [-0.15, -0.1) is 0 Å². The number of aromatic nitrogens is 2. The van der Waals surface area contributed by atoms with E-state index in [0.29, 0.717) is 16.5 Å². The van der Waals surface area contributed by atoms with Crippen LogP contribution in [-0.4, -0.2) is 15.0 Å². The highest BCUT2D eigenvalue weighted by atomic mass is 35.5. The summed E-state index contributed by atoms with van der Waals surface area (Å²) < 4.78 is 5.51. The zero-order chi connectivity index (χ0) is 13.1. The number of aryl methyl sites for hydroxylation is 1. The lowest BCUT2D eigenvalue weighted by atomic mass is 10.2. The first-order valence-electron chi connectivity index (χ1n) is 5.13. The van der Waals surface area contributed by atoms with Crippen LogP contribution in [0.1, 0.15) is 11.3 Å². The molecule has 0 saturated heterocycles. The number of benzene rings is 1. The Hall–Kier alpha value is -1.72. The molecule has 2 rings (SSSR count). The van der Waals surface area contributed by atoms with Crippen molar-refractivity contribution < 1.29 is 4.74 Å². The van der Waals surface area contributed by atoms with Crippen LogP contribution in [0.5, 0.6) is 11.8 Å². The molecule has 0 saturated carbocycles. The van der Waals surface area contributed by atoms with E-state index in [9.17, 15) is 0 Å². The lowest BCUT2D eigenvalue weighted by molar-refractivity contribution is 0.441. The molecule has 0 aliphatic carbocycles. The van der Waals surface area contributed by atoms with E-state index in [1.165, 1.54) is 0 Å². The molecule has 18 heavy (non-hydrogen) atoms. The molecule has 4 nitrogen and oxygen atoms in total. The first-order chi connectivity index (χ1) is 8.56. The summed E-state index contributed by atoms with van der Waals surface area (Å²) in [5, 5.41) is 0.681. The third kappa shape index (κ3) is 2.94. The molecular weight excluding hydrogens is 270 g/mol. The van der Waals surface area contributed by atoms with Gasteiger partial charge in [-0.2, -0.15) is 4.98 Å². The van der Waals surface area contributed by atoms with Crippen LogP contribution in [0.25, 0.3) is 0 Å². The standard InChI is InChI=1S/C12H10ClN3OS/c1-7-6-8(2-3-9(7)13)17-12-15-5-4-10(16-12)11(14)18/h2-6H,1H3,(H2,14,18). The van der Waals surface area contributed by atoms with Gasteiger partial charge in [0.15, 0.2) is 0 Å². The maximum absolute atomic E-state index is 5.93. The minimum atomic E-state index is 0.196. The summed E-state index contributed by atoms with van der Waals surface area (Å²) in [6.45, 7) is 1.89. The number of rotatable bonds is 3. The van der Waals surface area contributed by atoms with E-state index in [0.717, 1.165) is 5.56 Å². The lowest BCUT2D eigenvalue weighted by Gasteiger charge is -2.06. The van der Waals surface area contributed by atoms with Crippen molar-refractivity contribution in [3.8, 4) is 11.8 Å². The molecule has 0 spiro atoms. The zero-order valence-corrected chi connectivity index (χ0v) is 11.1. The molecule has 0 bridgehead atoms. The molecule has 92 valence electrons. The summed E-state index contributed by atoms with van der Waals surface area (Å²) in [6.07, 6.45) is 1.54. The number of ether oxygens (including phenoxy) is 1. The smallest absolute Gasteiger partial charge is 0.322 e. The molecule has 2 aromatic rings. The van der Waals surface area contributed by atoms with E-state index in [4.69, 9.17) is 34.3 Å². The lowest BCUT2D eigenvalue weighted by Crippen LogP contribution is -2.12. The van der Waals surface area contributed by atoms with Crippen molar-refractivity contribution >= 4 is 28.8 Å². The van der Waals surface area contributed by atoms with E-state index in [-0.39, 0.29) is 11.0 Å². The van der Waals surface area contributed by atoms with Gasteiger partial charge in [0.1, 0.15) is 16.4 Å². The van der Waals surface area contributed by atoms with Crippen LogP contribution in [0.15, 0.2) is 30.5 Å². The van der Waals surface area contributed by atoms with Crippen molar-refractivity contribution in [1.29, 1.82) is 0 Å². The van der Waals surface area contributed by atoms with E-state index < -0.39 is 0 Å². The summed E-state index contributed by atoms with van der Waals surface area (Å²) in [5.74, 6) is 0.608. The molecule has 0 aliphatic heterocycles. The van der Waals surface area contributed by atoms with Gasteiger partial charge in [-0.3, -0.25) is 0 Å². The Morgan fingerprint density at radius 3 is 2.83 bits per heavy atom. The van der Waals surface area contributed by atoms with Gasteiger partial charge in [0.25, 0.3) is 0 Å². The van der Waals surface area contributed by atoms with Crippen molar-refractivity contribution in [1.82, 2.24) is 9.97 Å². The van der Waals surface area contributed by atoms with Gasteiger partial charge in [-0.05, 0) is 36.8 Å². The molecule has 2 N–H and O–H groups in total. The van der Waals surface area contributed by atoms with Gasteiger partial charge in [-0.1, -0.05) is 23.8 Å². The highest BCUT2D eigenvalue weighted by Crippen LogP contribution is 2.23.